The monoisotopic (exact) mass is 166 g/mol. The fourth-order valence-electron chi connectivity index (χ4n) is 0.708. The fraction of sp³-hybridized carbons (Fsp3) is 0.800. The molecule has 1 N–H and O–H groups in total. The van der Waals surface area contributed by atoms with Crippen molar-refractivity contribution in [3.05, 3.63) is 0 Å². The second kappa shape index (κ2) is 3.12. The van der Waals surface area contributed by atoms with Crippen molar-refractivity contribution in [1.29, 1.82) is 0 Å². The molecule has 10 heavy (non-hydrogen) atoms. The molecule has 1 atom stereocenters. The molecular weight excluding hydrogens is 156 g/mol. The number of Topliss-reactive ketones (excluding diaryl/α,β-unsaturated/α-hetero) is 1. The summed E-state index contributed by atoms with van der Waals surface area (Å²) in [6.07, 6.45) is 0.119. The lowest BCUT2D eigenvalue weighted by Crippen LogP contribution is -2.26. The predicted octanol–water partition coefficient (Wildman–Crippen LogP) is 0.242. The maximum Gasteiger partial charge on any atom is 0.274 e. The van der Waals surface area contributed by atoms with E-state index in [2.05, 4.69) is 0 Å². The molecule has 4 nitrogen and oxygen atoms in total. The van der Waals surface area contributed by atoms with Crippen LogP contribution in [0.3, 0.4) is 0 Å². The fourth-order valence-corrected chi connectivity index (χ4v) is 1.55. The lowest BCUT2D eigenvalue weighted by atomic mass is 10.2. The average Bonchev–Trinajstić information content (AvgIpc) is 1.60. The van der Waals surface area contributed by atoms with Gasteiger partial charge in [-0.25, -0.2) is 0 Å². The van der Waals surface area contributed by atoms with Crippen LogP contribution >= 0.6 is 0 Å². The van der Waals surface area contributed by atoms with Crippen molar-refractivity contribution in [2.45, 2.75) is 25.5 Å². The number of carbonyl (C=O) groups excluding carboxylic acids is 1. The number of carbonyl (C=O) groups is 1. The van der Waals surface area contributed by atoms with Gasteiger partial charge in [0.15, 0.2) is 0 Å². The van der Waals surface area contributed by atoms with Gasteiger partial charge in [0, 0.05) is 0 Å². The standard InChI is InChI=1S/C5H10O4S/c1-3-5(4(2)6)10(7,8)9/h5H,3H2,1-2H3,(H,7,8,9). The van der Waals surface area contributed by atoms with Gasteiger partial charge in [0.25, 0.3) is 10.1 Å². The van der Waals surface area contributed by atoms with E-state index < -0.39 is 21.2 Å². The molecule has 5 heteroatoms. The van der Waals surface area contributed by atoms with Crippen molar-refractivity contribution in [2.75, 3.05) is 0 Å². The SMILES string of the molecule is CCC(C(C)=O)S(=O)(=O)O. The molecule has 0 aliphatic heterocycles. The molecule has 0 bridgehead atoms. The molecule has 0 aromatic heterocycles. The topological polar surface area (TPSA) is 71.4 Å². The first-order chi connectivity index (χ1) is 4.39. The second-order valence-electron chi connectivity index (χ2n) is 2.02. The Labute approximate surface area is 60.0 Å². The Bertz CT molecular complexity index is 216. The van der Waals surface area contributed by atoms with E-state index in [0.29, 0.717) is 0 Å². The Morgan fingerprint density at radius 1 is 1.60 bits per heavy atom. The van der Waals surface area contributed by atoms with Crippen molar-refractivity contribution in [3.63, 3.8) is 0 Å². The Morgan fingerprint density at radius 2 is 2.00 bits per heavy atom. The molecule has 0 rings (SSSR count). The third-order valence-corrected chi connectivity index (χ3v) is 2.57. The average molecular weight is 166 g/mol. The smallest absolute Gasteiger partial charge is 0.274 e. The second-order valence-corrected chi connectivity index (χ2v) is 3.62. The summed E-state index contributed by atoms with van der Waals surface area (Å²) < 4.78 is 29.1. The van der Waals surface area contributed by atoms with Gasteiger partial charge >= 0.3 is 0 Å². The normalized spacial score (nSPS) is 14.7. The molecule has 0 amide bonds. The van der Waals surface area contributed by atoms with Crippen LogP contribution in [0, 0.1) is 0 Å². The first kappa shape index (κ1) is 9.58. The lowest BCUT2D eigenvalue weighted by molar-refractivity contribution is -0.116. The number of rotatable bonds is 3. The van der Waals surface area contributed by atoms with Crippen molar-refractivity contribution < 1.29 is 17.8 Å². The Balaban J connectivity index is 4.55. The largest absolute Gasteiger partial charge is 0.298 e. The van der Waals surface area contributed by atoms with Crippen LogP contribution in [0.25, 0.3) is 0 Å². The van der Waals surface area contributed by atoms with E-state index in [-0.39, 0.29) is 6.42 Å². The highest BCUT2D eigenvalue weighted by Gasteiger charge is 2.24. The summed E-state index contributed by atoms with van der Waals surface area (Å²) in [5.74, 6) is -0.523. The minimum Gasteiger partial charge on any atom is -0.298 e. The van der Waals surface area contributed by atoms with Crippen LogP contribution in [-0.2, 0) is 14.9 Å². The molecule has 0 aromatic carbocycles. The van der Waals surface area contributed by atoms with Crippen molar-refractivity contribution in [1.82, 2.24) is 0 Å². The van der Waals surface area contributed by atoms with E-state index in [1.807, 2.05) is 0 Å². The Morgan fingerprint density at radius 3 is 2.00 bits per heavy atom. The number of hydrogen-bond acceptors (Lipinski definition) is 3. The lowest BCUT2D eigenvalue weighted by Gasteiger charge is -2.04. The van der Waals surface area contributed by atoms with Crippen LogP contribution in [0.15, 0.2) is 0 Å². The van der Waals surface area contributed by atoms with E-state index in [1.54, 1.807) is 0 Å². The van der Waals surface area contributed by atoms with E-state index in [4.69, 9.17) is 4.55 Å². The number of ketones is 1. The summed E-state index contributed by atoms with van der Waals surface area (Å²) in [4.78, 5) is 10.5. The van der Waals surface area contributed by atoms with Crippen molar-refractivity contribution in [3.8, 4) is 0 Å². The summed E-state index contributed by atoms with van der Waals surface area (Å²) in [5, 5.41) is -1.24. The molecular formula is C5H10O4S. The van der Waals surface area contributed by atoms with Gasteiger partial charge in [-0.05, 0) is 13.3 Å². The Hall–Kier alpha value is -0.420. The maximum absolute atomic E-state index is 10.5. The van der Waals surface area contributed by atoms with Gasteiger partial charge in [-0.1, -0.05) is 6.92 Å². The molecule has 0 aromatic rings. The van der Waals surface area contributed by atoms with Gasteiger partial charge in [0.1, 0.15) is 11.0 Å². The molecule has 0 spiro atoms. The molecule has 0 saturated carbocycles. The van der Waals surface area contributed by atoms with Gasteiger partial charge < -0.3 is 0 Å². The molecule has 60 valence electrons. The zero-order valence-electron chi connectivity index (χ0n) is 5.86. The molecule has 0 aliphatic rings. The third-order valence-electron chi connectivity index (χ3n) is 1.18. The first-order valence-electron chi connectivity index (χ1n) is 2.86. The van der Waals surface area contributed by atoms with Crippen LogP contribution in [0.5, 0.6) is 0 Å². The zero-order chi connectivity index (χ0) is 8.36. The van der Waals surface area contributed by atoms with Crippen LogP contribution in [0.2, 0.25) is 0 Å². The summed E-state index contributed by atoms with van der Waals surface area (Å²) in [6, 6.07) is 0. The Kier molecular flexibility index (Phi) is 2.98. The molecule has 0 radical (unpaired) electrons. The molecule has 0 saturated heterocycles. The van der Waals surface area contributed by atoms with Gasteiger partial charge in [0.05, 0.1) is 0 Å². The van der Waals surface area contributed by atoms with Gasteiger partial charge in [0.2, 0.25) is 0 Å². The summed E-state index contributed by atoms with van der Waals surface area (Å²) >= 11 is 0. The minimum absolute atomic E-state index is 0.119. The highest BCUT2D eigenvalue weighted by atomic mass is 32.2. The highest BCUT2D eigenvalue weighted by Crippen LogP contribution is 2.03. The van der Waals surface area contributed by atoms with Crippen LogP contribution < -0.4 is 0 Å². The zero-order valence-corrected chi connectivity index (χ0v) is 6.68. The third kappa shape index (κ3) is 2.45. The van der Waals surface area contributed by atoms with Crippen LogP contribution in [-0.4, -0.2) is 24.0 Å². The van der Waals surface area contributed by atoms with Crippen molar-refractivity contribution >= 4 is 15.9 Å². The van der Waals surface area contributed by atoms with Crippen molar-refractivity contribution in [2.24, 2.45) is 0 Å². The first-order valence-corrected chi connectivity index (χ1v) is 4.36. The van der Waals surface area contributed by atoms with Gasteiger partial charge in [-0.2, -0.15) is 8.42 Å². The number of hydrogen-bond donors (Lipinski definition) is 1. The quantitative estimate of drug-likeness (QED) is 0.610. The van der Waals surface area contributed by atoms with E-state index in [0.717, 1.165) is 6.92 Å². The summed E-state index contributed by atoms with van der Waals surface area (Å²) in [5.41, 5.74) is 0. The molecule has 0 fully saturated rings. The van der Waals surface area contributed by atoms with E-state index >= 15 is 0 Å². The highest BCUT2D eigenvalue weighted by molar-refractivity contribution is 7.87. The molecule has 1 unspecified atom stereocenters. The summed E-state index contributed by atoms with van der Waals surface area (Å²) in [7, 11) is -4.16. The molecule has 0 heterocycles. The van der Waals surface area contributed by atoms with Crippen LogP contribution in [0.4, 0.5) is 0 Å². The minimum atomic E-state index is -4.16. The molecule has 0 aliphatic carbocycles. The van der Waals surface area contributed by atoms with Crippen LogP contribution in [0.1, 0.15) is 20.3 Å². The maximum atomic E-state index is 10.5. The van der Waals surface area contributed by atoms with E-state index in [9.17, 15) is 13.2 Å². The van der Waals surface area contributed by atoms with Gasteiger partial charge in [-0.15, -0.1) is 0 Å². The van der Waals surface area contributed by atoms with Gasteiger partial charge in [-0.3, -0.25) is 9.35 Å². The van der Waals surface area contributed by atoms with E-state index in [1.165, 1.54) is 6.92 Å². The summed E-state index contributed by atoms with van der Waals surface area (Å²) in [6.45, 7) is 2.67. The predicted molar refractivity (Wildman–Crippen MR) is 36.3 cm³/mol.